The Hall–Kier alpha value is -0.830. The predicted molar refractivity (Wildman–Crippen MR) is 117 cm³/mol. The number of amides is 1. The smallest absolute Gasteiger partial charge is 0.244 e. The summed E-state index contributed by atoms with van der Waals surface area (Å²) in [5.41, 5.74) is 0. The van der Waals surface area contributed by atoms with Crippen molar-refractivity contribution in [2.75, 3.05) is 26.2 Å². The molecule has 0 bridgehead atoms. The van der Waals surface area contributed by atoms with E-state index in [2.05, 4.69) is 41.6 Å². The van der Waals surface area contributed by atoms with Crippen molar-refractivity contribution in [3.63, 3.8) is 0 Å². The second-order valence-corrected chi connectivity index (χ2v) is 7.77. The first-order valence-corrected chi connectivity index (χ1v) is 9.78. The van der Waals surface area contributed by atoms with Gasteiger partial charge in [0.15, 0.2) is 5.96 Å². The lowest BCUT2D eigenvalue weighted by molar-refractivity contribution is -0.130. The molecule has 0 aliphatic carbocycles. The van der Waals surface area contributed by atoms with Crippen molar-refractivity contribution in [1.82, 2.24) is 15.5 Å². The quantitative estimate of drug-likeness (QED) is 0.375. The maximum absolute atomic E-state index is 12.3. The maximum atomic E-state index is 12.3. The number of piperidine rings is 1. The van der Waals surface area contributed by atoms with E-state index < -0.39 is 0 Å². The summed E-state index contributed by atoms with van der Waals surface area (Å²) in [5.74, 6) is 0.858. The lowest BCUT2D eigenvalue weighted by Gasteiger charge is -2.26. The van der Waals surface area contributed by atoms with Crippen LogP contribution in [0.4, 0.5) is 0 Å². The van der Waals surface area contributed by atoms with E-state index in [0.29, 0.717) is 0 Å². The summed E-state index contributed by atoms with van der Waals surface area (Å²) < 4.78 is 0. The third-order valence-corrected chi connectivity index (χ3v) is 5.13. The molecule has 2 rings (SSSR count). The highest BCUT2D eigenvalue weighted by atomic mass is 127. The first kappa shape index (κ1) is 22.2. The van der Waals surface area contributed by atoms with Crippen molar-refractivity contribution in [2.45, 2.75) is 52.5 Å². The Morgan fingerprint density at radius 2 is 2.04 bits per heavy atom. The van der Waals surface area contributed by atoms with Gasteiger partial charge < -0.3 is 15.5 Å². The fraction of sp³-hybridized carbons (Fsp3) is 0.667. The number of carbonyl (C=O) groups is 1. The van der Waals surface area contributed by atoms with Gasteiger partial charge in [0.1, 0.15) is 6.54 Å². The second kappa shape index (κ2) is 11.7. The van der Waals surface area contributed by atoms with E-state index in [9.17, 15) is 4.79 Å². The van der Waals surface area contributed by atoms with Crippen molar-refractivity contribution >= 4 is 47.2 Å². The van der Waals surface area contributed by atoms with Gasteiger partial charge in [-0.3, -0.25) is 4.79 Å². The van der Waals surface area contributed by atoms with Crippen molar-refractivity contribution < 1.29 is 4.79 Å². The molecular weight excluding hydrogens is 447 g/mol. The molecule has 0 radical (unpaired) electrons. The van der Waals surface area contributed by atoms with E-state index in [1.165, 1.54) is 16.2 Å². The Kier molecular flexibility index (Phi) is 10.4. The van der Waals surface area contributed by atoms with Crippen LogP contribution in [0.3, 0.4) is 0 Å². The van der Waals surface area contributed by atoms with Crippen molar-refractivity contribution in [3.05, 3.63) is 21.9 Å². The average molecular weight is 478 g/mol. The summed E-state index contributed by atoms with van der Waals surface area (Å²) >= 11 is 1.83. The SMILES string of the molecule is CCNC(=NCC(=O)N1CCCCC1)NC(C)Cc1ccc(C)s1.I. The van der Waals surface area contributed by atoms with Gasteiger partial charge in [0, 0.05) is 41.9 Å². The zero-order valence-corrected chi connectivity index (χ0v) is 18.7. The van der Waals surface area contributed by atoms with Crippen molar-refractivity contribution in [1.29, 1.82) is 0 Å². The number of nitrogens with one attached hydrogen (secondary N) is 2. The molecule has 5 nitrogen and oxygen atoms in total. The number of halogens is 1. The molecule has 0 spiro atoms. The maximum Gasteiger partial charge on any atom is 0.244 e. The van der Waals surface area contributed by atoms with E-state index in [-0.39, 0.29) is 42.5 Å². The Balaban J connectivity index is 0.00000312. The van der Waals surface area contributed by atoms with Crippen LogP contribution < -0.4 is 10.6 Å². The van der Waals surface area contributed by atoms with Gasteiger partial charge in [0.05, 0.1) is 0 Å². The standard InChI is InChI=1S/C18H30N4OS.HI/c1-4-19-18(20-13-17(23)22-10-6-5-7-11-22)21-14(2)12-16-9-8-15(3)24-16;/h8-9,14H,4-7,10-13H2,1-3H3,(H2,19,20,21);1H. The molecule has 1 aromatic heterocycles. The second-order valence-electron chi connectivity index (χ2n) is 6.40. The van der Waals surface area contributed by atoms with Gasteiger partial charge in [-0.1, -0.05) is 0 Å². The van der Waals surface area contributed by atoms with Crippen molar-refractivity contribution in [3.8, 4) is 0 Å². The van der Waals surface area contributed by atoms with Crippen LogP contribution in [0.1, 0.15) is 42.9 Å². The van der Waals surface area contributed by atoms with Crippen LogP contribution in [-0.4, -0.2) is 49.0 Å². The first-order valence-electron chi connectivity index (χ1n) is 8.96. The van der Waals surface area contributed by atoms with Gasteiger partial charge in [-0.2, -0.15) is 0 Å². The zero-order valence-electron chi connectivity index (χ0n) is 15.5. The molecule has 1 aliphatic rings. The summed E-state index contributed by atoms with van der Waals surface area (Å²) in [4.78, 5) is 21.4. The summed E-state index contributed by atoms with van der Waals surface area (Å²) in [6.45, 7) is 9.09. The van der Waals surface area contributed by atoms with Crippen LogP contribution >= 0.6 is 35.3 Å². The topological polar surface area (TPSA) is 56.7 Å². The number of guanidine groups is 1. The van der Waals surface area contributed by atoms with E-state index >= 15 is 0 Å². The Labute approximate surface area is 172 Å². The molecule has 2 N–H and O–H groups in total. The number of hydrogen-bond donors (Lipinski definition) is 2. The molecule has 1 unspecified atom stereocenters. The predicted octanol–water partition coefficient (Wildman–Crippen LogP) is 3.17. The molecule has 1 saturated heterocycles. The van der Waals surface area contributed by atoms with Crippen molar-refractivity contribution in [2.24, 2.45) is 4.99 Å². The zero-order chi connectivity index (χ0) is 17.4. The minimum atomic E-state index is 0. The molecule has 0 saturated carbocycles. The monoisotopic (exact) mass is 478 g/mol. The van der Waals surface area contributed by atoms with Crippen LogP contribution in [0.15, 0.2) is 17.1 Å². The van der Waals surface area contributed by atoms with E-state index in [4.69, 9.17) is 0 Å². The van der Waals surface area contributed by atoms with Gasteiger partial charge in [0.2, 0.25) is 5.91 Å². The van der Waals surface area contributed by atoms with E-state index in [0.717, 1.165) is 44.9 Å². The summed E-state index contributed by atoms with van der Waals surface area (Å²) in [6.07, 6.45) is 4.43. The molecular formula is C18H31IN4OS. The van der Waals surface area contributed by atoms with E-state index in [1.54, 1.807) is 0 Å². The third-order valence-electron chi connectivity index (χ3n) is 4.11. The van der Waals surface area contributed by atoms with Crippen LogP contribution in [0.2, 0.25) is 0 Å². The van der Waals surface area contributed by atoms with Gasteiger partial charge >= 0.3 is 0 Å². The number of likely N-dealkylation sites (tertiary alicyclic amines) is 1. The lowest BCUT2D eigenvalue weighted by Crippen LogP contribution is -2.44. The van der Waals surface area contributed by atoms with Gasteiger partial charge in [-0.15, -0.1) is 35.3 Å². The number of aliphatic imine (C=N–C) groups is 1. The average Bonchev–Trinajstić information content (AvgIpc) is 2.98. The highest BCUT2D eigenvalue weighted by Crippen LogP contribution is 2.16. The number of nitrogens with zero attached hydrogens (tertiary/aromatic N) is 2. The van der Waals surface area contributed by atoms with Gasteiger partial charge in [0.25, 0.3) is 0 Å². The Morgan fingerprint density at radius 1 is 1.32 bits per heavy atom. The Morgan fingerprint density at radius 3 is 2.64 bits per heavy atom. The fourth-order valence-electron chi connectivity index (χ4n) is 2.89. The minimum Gasteiger partial charge on any atom is -0.357 e. The lowest BCUT2D eigenvalue weighted by atomic mass is 10.1. The molecule has 1 fully saturated rings. The van der Waals surface area contributed by atoms with Crippen LogP contribution in [0, 0.1) is 6.92 Å². The molecule has 2 heterocycles. The molecule has 25 heavy (non-hydrogen) atoms. The molecule has 1 amide bonds. The number of thiophene rings is 1. The molecule has 142 valence electrons. The molecule has 1 aliphatic heterocycles. The molecule has 7 heteroatoms. The van der Waals surface area contributed by atoms with Gasteiger partial charge in [-0.05, 0) is 52.2 Å². The molecule has 1 aromatic rings. The summed E-state index contributed by atoms with van der Waals surface area (Å²) in [7, 11) is 0. The van der Waals surface area contributed by atoms with Crippen LogP contribution in [-0.2, 0) is 11.2 Å². The highest BCUT2D eigenvalue weighted by molar-refractivity contribution is 14.0. The van der Waals surface area contributed by atoms with Gasteiger partial charge in [-0.25, -0.2) is 4.99 Å². The minimum absolute atomic E-state index is 0. The number of rotatable bonds is 6. The summed E-state index contributed by atoms with van der Waals surface area (Å²) in [5, 5.41) is 6.64. The molecule has 0 aromatic carbocycles. The largest absolute Gasteiger partial charge is 0.357 e. The number of carbonyl (C=O) groups excluding carboxylic acids is 1. The van der Waals surface area contributed by atoms with E-state index in [1.807, 2.05) is 23.2 Å². The number of aryl methyl sites for hydroxylation is 1. The number of hydrogen-bond acceptors (Lipinski definition) is 3. The third kappa shape index (κ3) is 7.94. The van der Waals surface area contributed by atoms with Crippen LogP contribution in [0.5, 0.6) is 0 Å². The Bertz CT molecular complexity index is 555. The summed E-state index contributed by atoms with van der Waals surface area (Å²) in [6, 6.07) is 4.61. The van der Waals surface area contributed by atoms with Crippen LogP contribution in [0.25, 0.3) is 0 Å². The normalized spacial score (nSPS) is 16.1. The first-order chi connectivity index (χ1) is 11.6. The fourth-order valence-corrected chi connectivity index (χ4v) is 3.91. The highest BCUT2D eigenvalue weighted by Gasteiger charge is 2.16. The molecule has 1 atom stereocenters.